The zero-order chi connectivity index (χ0) is 30.3. The number of aliphatic hydroxyl groups excluding tert-OH is 2. The Hall–Kier alpha value is -1.24. The molecule has 0 fully saturated rings. The zero-order valence-corrected chi connectivity index (χ0v) is 24.3. The van der Waals surface area contributed by atoms with Crippen LogP contribution in [0.25, 0.3) is 0 Å². The molecule has 0 unspecified atom stereocenters. The van der Waals surface area contributed by atoms with Crippen molar-refractivity contribution in [2.45, 2.75) is 8.53 Å². The van der Waals surface area contributed by atoms with E-state index in [1.165, 1.54) is 0 Å². The molecule has 0 heterocycles. The van der Waals surface area contributed by atoms with Crippen molar-refractivity contribution in [1.29, 1.82) is 0 Å². The fourth-order valence-corrected chi connectivity index (χ4v) is 9.84. The minimum atomic E-state index is -2.53. The highest BCUT2D eigenvalue weighted by atomic mass is 32.2. The van der Waals surface area contributed by atoms with Crippen molar-refractivity contribution >= 4 is 107 Å². The number of aliphatic carboxylic acids is 6. The van der Waals surface area contributed by atoms with Crippen LogP contribution >= 0.6 is 71.1 Å². The first-order valence-electron chi connectivity index (χ1n) is 9.82. The Labute approximate surface area is 245 Å². The summed E-state index contributed by atoms with van der Waals surface area (Å²) in [6.45, 7) is -2.60. The van der Waals surface area contributed by atoms with Gasteiger partial charge < -0.3 is 40.9 Å². The smallest absolute Gasteiger partial charge is 0.315 e. The van der Waals surface area contributed by atoms with Crippen LogP contribution in [0.3, 0.4) is 0 Å². The third kappa shape index (κ3) is 12.0. The Kier molecular flexibility index (Phi) is 17.7. The lowest BCUT2D eigenvalue weighted by Gasteiger charge is -2.54. The predicted molar refractivity (Wildman–Crippen MR) is 145 cm³/mol. The van der Waals surface area contributed by atoms with Crippen LogP contribution in [0, 0.1) is 5.41 Å². The molecule has 0 rings (SSSR count). The summed E-state index contributed by atoms with van der Waals surface area (Å²) in [7, 11) is 0. The first-order valence-corrected chi connectivity index (χ1v) is 15.6. The first-order chi connectivity index (χ1) is 18.1. The van der Waals surface area contributed by atoms with E-state index >= 15 is 0 Å². The minimum absolute atomic E-state index is 0.166. The van der Waals surface area contributed by atoms with E-state index in [2.05, 4.69) is 0 Å². The normalized spacial score (nSPS) is 12.2. The third-order valence-corrected chi connectivity index (χ3v) is 12.2. The van der Waals surface area contributed by atoms with Crippen molar-refractivity contribution < 1.29 is 78.0 Å². The van der Waals surface area contributed by atoms with E-state index in [1.807, 2.05) is 0 Å². The van der Waals surface area contributed by atoms with Crippen molar-refractivity contribution in [3.8, 4) is 0 Å². The number of thioether (sulfide) groups is 4. The Bertz CT molecular complexity index is 779. The summed E-state index contributed by atoms with van der Waals surface area (Å²) in [5.74, 6) is -14.1. The third-order valence-electron chi connectivity index (χ3n) is 3.96. The average molecular weight is 677 g/mol. The summed E-state index contributed by atoms with van der Waals surface area (Å²) in [5.41, 5.74) is -2.53. The van der Waals surface area contributed by atoms with Crippen LogP contribution in [0.1, 0.15) is 0 Å². The van der Waals surface area contributed by atoms with Crippen molar-refractivity contribution in [2.24, 2.45) is 5.41 Å². The molecule has 0 aromatic heterocycles. The molecule has 0 amide bonds. The molecule has 0 radical (unpaired) electrons. The molecule has 0 atom stereocenters. The van der Waals surface area contributed by atoms with Crippen molar-refractivity contribution in [3.63, 3.8) is 0 Å². The van der Waals surface area contributed by atoms with E-state index < -0.39 is 97.5 Å². The topological polar surface area (TPSA) is 283 Å². The van der Waals surface area contributed by atoms with Gasteiger partial charge in [0.05, 0.1) is 36.2 Å². The molecule has 16 nitrogen and oxygen atoms in total. The molecule has 0 aromatic rings. The second-order valence-electron chi connectivity index (χ2n) is 6.72. The molecular weight excluding hydrogens is 653 g/mol. The van der Waals surface area contributed by atoms with Crippen molar-refractivity contribution in [1.82, 2.24) is 0 Å². The molecule has 224 valence electrons. The van der Waals surface area contributed by atoms with Gasteiger partial charge in [-0.05, 0) is 0 Å². The van der Waals surface area contributed by atoms with Crippen molar-refractivity contribution in [3.05, 3.63) is 0 Å². The maximum atomic E-state index is 11.5. The van der Waals surface area contributed by atoms with Gasteiger partial charge in [0.15, 0.2) is 8.53 Å². The fraction of sp³-hybridized carbons (Fsp3) is 0.647. The molecule has 0 bridgehead atoms. The molecule has 0 saturated heterocycles. The van der Waals surface area contributed by atoms with Gasteiger partial charge >= 0.3 is 35.8 Å². The molecule has 8 N–H and O–H groups in total. The predicted octanol–water partition coefficient (Wildman–Crippen LogP) is 0.0350. The summed E-state index contributed by atoms with van der Waals surface area (Å²) in [6.07, 6.45) is 0. The molecule has 0 aliphatic heterocycles. The lowest BCUT2D eigenvalue weighted by Crippen LogP contribution is -2.62. The van der Waals surface area contributed by atoms with E-state index in [0.29, 0.717) is 0 Å². The molecule has 0 saturated carbocycles. The number of aliphatic hydroxyl groups is 2. The van der Waals surface area contributed by atoms with E-state index in [4.69, 9.17) is 18.6 Å². The Balaban J connectivity index is 7.44. The molecule has 0 aliphatic rings. The van der Waals surface area contributed by atoms with Crippen LogP contribution in [-0.4, -0.2) is 133 Å². The fourth-order valence-electron chi connectivity index (χ4n) is 2.46. The monoisotopic (exact) mass is 676 g/mol. The van der Waals surface area contributed by atoms with Crippen LogP contribution in [-0.2, 0) is 37.1 Å². The second-order valence-corrected chi connectivity index (χ2v) is 13.2. The molecule has 0 aromatic carbocycles. The van der Waals surface area contributed by atoms with Gasteiger partial charge in [-0.1, -0.05) is 0 Å². The Morgan fingerprint density at radius 3 is 0.872 bits per heavy atom. The van der Waals surface area contributed by atoms with Crippen LogP contribution in [0.2, 0.25) is 0 Å². The van der Waals surface area contributed by atoms with Crippen LogP contribution in [0.5, 0.6) is 0 Å². The van der Waals surface area contributed by atoms with Crippen LogP contribution in [0.4, 0.5) is 0 Å². The maximum Gasteiger partial charge on any atom is 0.315 e. The summed E-state index contributed by atoms with van der Waals surface area (Å²) in [6, 6.07) is 0. The number of carboxylic acid groups (broad SMARTS) is 6. The second kappa shape index (κ2) is 18.2. The van der Waals surface area contributed by atoms with Gasteiger partial charge in [0.25, 0.3) is 0 Å². The van der Waals surface area contributed by atoms with E-state index in [-0.39, 0.29) is 71.1 Å². The summed E-state index contributed by atoms with van der Waals surface area (Å²) >= 11 is 1.45. The van der Waals surface area contributed by atoms with Gasteiger partial charge in [-0.2, -0.15) is 0 Å². The molecule has 22 heteroatoms. The van der Waals surface area contributed by atoms with E-state index in [9.17, 15) is 59.4 Å². The number of hydrogen-bond acceptors (Lipinski definition) is 16. The number of rotatable bonds is 24. The first kappa shape index (κ1) is 37.8. The average Bonchev–Trinajstić information content (AvgIpc) is 2.83. The summed E-state index contributed by atoms with van der Waals surface area (Å²) < 4.78 is 6.29. The molecule has 39 heavy (non-hydrogen) atoms. The van der Waals surface area contributed by atoms with E-state index in [0.717, 1.165) is 0 Å². The van der Waals surface area contributed by atoms with Gasteiger partial charge in [0.2, 0.25) is 0 Å². The zero-order valence-electron chi connectivity index (χ0n) is 19.5. The van der Waals surface area contributed by atoms with E-state index in [1.54, 1.807) is 0 Å². The molecule has 0 spiro atoms. The number of hydrogen-bond donors (Lipinski definition) is 8. The van der Waals surface area contributed by atoms with Gasteiger partial charge in [-0.25, -0.2) is 0 Å². The van der Waals surface area contributed by atoms with Crippen LogP contribution in [0.15, 0.2) is 0 Å². The van der Waals surface area contributed by atoms with Gasteiger partial charge in [0, 0.05) is 24.1 Å². The summed E-state index contributed by atoms with van der Waals surface area (Å²) in [5, 5.41) is 76.9. The SMILES string of the molecule is O=C(O)CSOC(SCC(=O)O)(SCC(=O)O)C(CO)(CO)C(OSCC(=O)O)(SCC(=O)O)SCC(=O)O. The minimum Gasteiger partial charge on any atom is -0.481 e. The highest BCUT2D eigenvalue weighted by Crippen LogP contribution is 2.65. The van der Waals surface area contributed by atoms with Gasteiger partial charge in [-0.3, -0.25) is 37.1 Å². The number of carbonyl (C=O) groups is 6. The standard InChI is InChI=1S/C17H24O16S6/c18-7-15(8-19,16(34-1-9(20)21,35-2-10(22)23)32-38-5-13(28)29)17(36-3-11(24)25,37-4-12(26)27)33-39-6-14(30)31/h18-19H,1-8H2,(H,20,21)(H,22,23)(H,24,25)(H,26,27)(H,28,29)(H,30,31). The Morgan fingerprint density at radius 1 is 0.462 bits per heavy atom. The Morgan fingerprint density at radius 2 is 0.692 bits per heavy atom. The maximum absolute atomic E-state index is 11.5. The summed E-state index contributed by atoms with van der Waals surface area (Å²) in [4.78, 5) is 68.3. The number of carboxylic acids is 6. The largest absolute Gasteiger partial charge is 0.481 e. The van der Waals surface area contributed by atoms with Gasteiger partial charge in [0.1, 0.15) is 16.9 Å². The lowest BCUT2D eigenvalue weighted by molar-refractivity contribution is -0.135. The highest BCUT2D eigenvalue weighted by Gasteiger charge is 2.68. The van der Waals surface area contributed by atoms with Gasteiger partial charge in [-0.15, -0.1) is 47.0 Å². The van der Waals surface area contributed by atoms with Crippen molar-refractivity contribution in [2.75, 3.05) is 47.7 Å². The van der Waals surface area contributed by atoms with Crippen LogP contribution < -0.4 is 0 Å². The lowest BCUT2D eigenvalue weighted by atomic mass is 9.90. The molecule has 0 aliphatic carbocycles. The quantitative estimate of drug-likeness (QED) is 0.0494. The highest BCUT2D eigenvalue weighted by molar-refractivity contribution is 8.20. The molecular formula is C17H24O16S6.